The SMILES string of the molecule is CCCC(N)C(=O)NCCc1cc(OC)c(OC)cc1[N+](=O)[O-].Cl. The number of nitro benzene ring substituents is 1. The number of benzene rings is 1. The number of hydrogen-bond donors (Lipinski definition) is 2. The van der Waals surface area contributed by atoms with E-state index in [1.165, 1.54) is 20.3 Å². The third kappa shape index (κ3) is 5.86. The number of carbonyl (C=O) groups is 1. The molecule has 0 saturated heterocycles. The molecule has 1 amide bonds. The zero-order valence-electron chi connectivity index (χ0n) is 14.0. The minimum absolute atomic E-state index is 0. The Morgan fingerprint density at radius 1 is 1.33 bits per heavy atom. The van der Waals surface area contributed by atoms with Crippen molar-refractivity contribution in [3.05, 3.63) is 27.8 Å². The zero-order valence-corrected chi connectivity index (χ0v) is 14.9. The van der Waals surface area contributed by atoms with E-state index in [9.17, 15) is 14.9 Å². The fourth-order valence-electron chi connectivity index (χ4n) is 2.17. The molecule has 0 saturated carbocycles. The van der Waals surface area contributed by atoms with Gasteiger partial charge in [-0.25, -0.2) is 0 Å². The van der Waals surface area contributed by atoms with Crippen molar-refractivity contribution in [3.63, 3.8) is 0 Å². The second-order valence-electron chi connectivity index (χ2n) is 5.03. The molecule has 0 aliphatic carbocycles. The normalized spacial score (nSPS) is 11.2. The van der Waals surface area contributed by atoms with Crippen molar-refractivity contribution in [2.75, 3.05) is 20.8 Å². The zero-order chi connectivity index (χ0) is 17.4. The lowest BCUT2D eigenvalue weighted by atomic mass is 10.1. The average Bonchev–Trinajstić information content (AvgIpc) is 2.53. The van der Waals surface area contributed by atoms with E-state index in [0.717, 1.165) is 6.42 Å². The molecule has 0 spiro atoms. The summed E-state index contributed by atoms with van der Waals surface area (Å²) in [7, 11) is 2.87. The van der Waals surface area contributed by atoms with Crippen LogP contribution in [-0.4, -0.2) is 37.6 Å². The van der Waals surface area contributed by atoms with E-state index >= 15 is 0 Å². The quantitative estimate of drug-likeness (QED) is 0.511. The van der Waals surface area contributed by atoms with Crippen LogP contribution in [-0.2, 0) is 11.2 Å². The van der Waals surface area contributed by atoms with Crippen LogP contribution in [0.3, 0.4) is 0 Å². The van der Waals surface area contributed by atoms with Gasteiger partial charge in [0.2, 0.25) is 5.91 Å². The second-order valence-corrected chi connectivity index (χ2v) is 5.03. The third-order valence-electron chi connectivity index (χ3n) is 3.41. The van der Waals surface area contributed by atoms with Crippen molar-refractivity contribution in [2.45, 2.75) is 32.2 Å². The highest BCUT2D eigenvalue weighted by Crippen LogP contribution is 2.34. The van der Waals surface area contributed by atoms with E-state index in [-0.39, 0.29) is 36.3 Å². The van der Waals surface area contributed by atoms with Gasteiger partial charge >= 0.3 is 0 Å². The van der Waals surface area contributed by atoms with Crippen LogP contribution >= 0.6 is 12.4 Å². The van der Waals surface area contributed by atoms with Crippen molar-refractivity contribution < 1.29 is 19.2 Å². The van der Waals surface area contributed by atoms with Crippen molar-refractivity contribution in [3.8, 4) is 11.5 Å². The Labute approximate surface area is 147 Å². The molecule has 1 rings (SSSR count). The highest BCUT2D eigenvalue weighted by atomic mass is 35.5. The molecule has 0 aromatic heterocycles. The van der Waals surface area contributed by atoms with Gasteiger partial charge in [0.15, 0.2) is 11.5 Å². The Morgan fingerprint density at radius 2 is 1.92 bits per heavy atom. The van der Waals surface area contributed by atoms with E-state index in [2.05, 4.69) is 5.32 Å². The number of nitrogens with one attached hydrogen (secondary N) is 1. The number of methoxy groups -OCH3 is 2. The molecule has 0 fully saturated rings. The Hall–Kier alpha value is -2.06. The maximum atomic E-state index is 11.8. The second kappa shape index (κ2) is 10.7. The summed E-state index contributed by atoms with van der Waals surface area (Å²) >= 11 is 0. The maximum absolute atomic E-state index is 11.8. The molecular weight excluding hydrogens is 338 g/mol. The van der Waals surface area contributed by atoms with Gasteiger partial charge in [0, 0.05) is 12.1 Å². The molecule has 1 aromatic rings. The average molecular weight is 362 g/mol. The van der Waals surface area contributed by atoms with Crippen LogP contribution in [0.2, 0.25) is 0 Å². The Kier molecular flexibility index (Phi) is 9.75. The minimum Gasteiger partial charge on any atom is -0.493 e. The molecule has 0 heterocycles. The van der Waals surface area contributed by atoms with Gasteiger partial charge in [-0.2, -0.15) is 0 Å². The highest BCUT2D eigenvalue weighted by Gasteiger charge is 2.19. The highest BCUT2D eigenvalue weighted by molar-refractivity contribution is 5.85. The number of nitrogens with zero attached hydrogens (tertiary/aromatic N) is 1. The van der Waals surface area contributed by atoms with E-state index < -0.39 is 11.0 Å². The molecule has 136 valence electrons. The van der Waals surface area contributed by atoms with E-state index in [1.54, 1.807) is 6.07 Å². The standard InChI is InChI=1S/C15H23N3O5.ClH/c1-4-5-11(16)15(19)17-7-6-10-8-13(22-2)14(23-3)9-12(10)18(20)21;/h8-9,11H,4-7,16H2,1-3H3,(H,17,19);1H. The van der Waals surface area contributed by atoms with Gasteiger partial charge < -0.3 is 20.5 Å². The summed E-state index contributed by atoms with van der Waals surface area (Å²) in [5, 5.41) is 13.9. The fraction of sp³-hybridized carbons (Fsp3) is 0.533. The van der Waals surface area contributed by atoms with E-state index in [0.29, 0.717) is 24.2 Å². The van der Waals surface area contributed by atoms with Crippen LogP contribution in [0.1, 0.15) is 25.3 Å². The Bertz CT molecular complexity index is 568. The number of halogens is 1. The first-order chi connectivity index (χ1) is 10.9. The van der Waals surface area contributed by atoms with Crippen LogP contribution in [0.4, 0.5) is 5.69 Å². The molecule has 1 aromatic carbocycles. The summed E-state index contributed by atoms with van der Waals surface area (Å²) in [6.07, 6.45) is 1.71. The molecular formula is C15H24ClN3O5. The van der Waals surface area contributed by atoms with Crippen molar-refractivity contribution in [1.29, 1.82) is 0 Å². The topological polar surface area (TPSA) is 117 Å². The molecule has 0 aliphatic rings. The summed E-state index contributed by atoms with van der Waals surface area (Å²) < 4.78 is 10.2. The number of ether oxygens (including phenoxy) is 2. The number of rotatable bonds is 9. The van der Waals surface area contributed by atoms with Gasteiger partial charge in [-0.1, -0.05) is 13.3 Å². The number of carbonyl (C=O) groups excluding carboxylic acids is 1. The van der Waals surface area contributed by atoms with Crippen LogP contribution in [0, 0.1) is 10.1 Å². The van der Waals surface area contributed by atoms with Crippen LogP contribution < -0.4 is 20.5 Å². The molecule has 24 heavy (non-hydrogen) atoms. The van der Waals surface area contributed by atoms with Gasteiger partial charge in [-0.15, -0.1) is 12.4 Å². The Balaban J connectivity index is 0.00000529. The monoisotopic (exact) mass is 361 g/mol. The predicted octanol–water partition coefficient (Wildman–Crippen LogP) is 1.82. The summed E-state index contributed by atoms with van der Waals surface area (Å²) in [5.74, 6) is 0.439. The first kappa shape index (κ1) is 21.9. The van der Waals surface area contributed by atoms with Crippen molar-refractivity contribution >= 4 is 24.0 Å². The number of nitrogens with two attached hydrogens (primary N) is 1. The van der Waals surface area contributed by atoms with Crippen LogP contribution in [0.5, 0.6) is 11.5 Å². The molecule has 0 aliphatic heterocycles. The Morgan fingerprint density at radius 3 is 2.42 bits per heavy atom. The molecule has 1 unspecified atom stereocenters. The first-order valence-corrected chi connectivity index (χ1v) is 7.37. The summed E-state index contributed by atoms with van der Waals surface area (Å²) in [6.45, 7) is 2.20. The van der Waals surface area contributed by atoms with Crippen molar-refractivity contribution in [1.82, 2.24) is 5.32 Å². The molecule has 8 nitrogen and oxygen atoms in total. The lowest BCUT2D eigenvalue weighted by molar-refractivity contribution is -0.385. The minimum atomic E-state index is -0.555. The van der Waals surface area contributed by atoms with Crippen LogP contribution in [0.15, 0.2) is 12.1 Å². The lowest BCUT2D eigenvalue weighted by Crippen LogP contribution is -2.41. The molecule has 9 heteroatoms. The summed E-state index contributed by atoms with van der Waals surface area (Å²) in [5.41, 5.74) is 6.09. The number of nitro groups is 1. The smallest absolute Gasteiger partial charge is 0.276 e. The molecule has 3 N–H and O–H groups in total. The molecule has 0 radical (unpaired) electrons. The summed E-state index contributed by atoms with van der Waals surface area (Å²) in [6, 6.07) is 2.31. The fourth-order valence-corrected chi connectivity index (χ4v) is 2.17. The van der Waals surface area contributed by atoms with Gasteiger partial charge in [0.05, 0.1) is 31.3 Å². The molecule has 1 atom stereocenters. The van der Waals surface area contributed by atoms with E-state index in [4.69, 9.17) is 15.2 Å². The van der Waals surface area contributed by atoms with Gasteiger partial charge in [-0.05, 0) is 18.9 Å². The maximum Gasteiger partial charge on any atom is 0.276 e. The van der Waals surface area contributed by atoms with Crippen molar-refractivity contribution in [2.24, 2.45) is 5.73 Å². The van der Waals surface area contributed by atoms with Gasteiger partial charge in [0.1, 0.15) is 0 Å². The number of amides is 1. The largest absolute Gasteiger partial charge is 0.493 e. The molecule has 0 bridgehead atoms. The van der Waals surface area contributed by atoms with Gasteiger partial charge in [0.25, 0.3) is 5.69 Å². The van der Waals surface area contributed by atoms with E-state index in [1.807, 2.05) is 6.92 Å². The lowest BCUT2D eigenvalue weighted by Gasteiger charge is -2.13. The first-order valence-electron chi connectivity index (χ1n) is 7.37. The number of hydrogen-bond acceptors (Lipinski definition) is 6. The van der Waals surface area contributed by atoms with Gasteiger partial charge in [-0.3, -0.25) is 14.9 Å². The summed E-state index contributed by atoms with van der Waals surface area (Å²) in [4.78, 5) is 22.4. The predicted molar refractivity (Wildman–Crippen MR) is 93.0 cm³/mol. The third-order valence-corrected chi connectivity index (χ3v) is 3.41. The van der Waals surface area contributed by atoms with Crippen LogP contribution in [0.25, 0.3) is 0 Å².